The molecular weight excluding hydrogens is 594 g/mol. The number of carbonyl (C=O) groups excluding carboxylic acids is 3. The van der Waals surface area contributed by atoms with Crippen LogP contribution in [0.3, 0.4) is 0 Å². The number of nitrogens with zero attached hydrogens (tertiary/aromatic N) is 4. The van der Waals surface area contributed by atoms with Crippen molar-refractivity contribution in [3.8, 4) is 11.5 Å². The molecule has 1 saturated heterocycles. The van der Waals surface area contributed by atoms with Gasteiger partial charge in [-0.05, 0) is 87.3 Å². The Hall–Kier alpha value is -5.05. The molecule has 10 heteroatoms. The fourth-order valence-electron chi connectivity index (χ4n) is 5.86. The van der Waals surface area contributed by atoms with E-state index in [2.05, 4.69) is 28.1 Å². The van der Waals surface area contributed by atoms with E-state index in [1.807, 2.05) is 61.1 Å². The van der Waals surface area contributed by atoms with Crippen LogP contribution in [0.25, 0.3) is 10.9 Å². The largest absolute Gasteiger partial charge is 0.495 e. The summed E-state index contributed by atoms with van der Waals surface area (Å²) in [5.41, 5.74) is 4.75. The van der Waals surface area contributed by atoms with E-state index in [4.69, 9.17) is 9.47 Å². The Kier molecular flexibility index (Phi) is 10.7. The Balaban J connectivity index is 1.22. The van der Waals surface area contributed by atoms with Crippen LogP contribution in [-0.2, 0) is 11.8 Å². The molecule has 1 aliphatic rings. The van der Waals surface area contributed by atoms with E-state index in [1.54, 1.807) is 36.2 Å². The number of allylic oxidation sites excluding steroid dienone is 1. The number of hydrogen-bond acceptors (Lipinski definition) is 7. The molecule has 0 unspecified atom stereocenters. The molecule has 1 aromatic heterocycles. The van der Waals surface area contributed by atoms with Crippen molar-refractivity contribution in [3.63, 3.8) is 0 Å². The summed E-state index contributed by atoms with van der Waals surface area (Å²) in [4.78, 5) is 44.5. The Bertz CT molecular complexity index is 1800. The number of ether oxygens (including phenoxy) is 2. The highest BCUT2D eigenvalue weighted by Crippen LogP contribution is 2.32. The normalized spacial score (nSPS) is 13.3. The highest BCUT2D eigenvalue weighted by molar-refractivity contribution is 6.13. The number of amides is 2. The Morgan fingerprint density at radius 3 is 2.49 bits per heavy atom. The molecule has 4 aromatic rings. The van der Waals surface area contributed by atoms with Gasteiger partial charge in [0.05, 0.1) is 30.8 Å². The van der Waals surface area contributed by atoms with Crippen LogP contribution in [0, 0.1) is 6.92 Å². The molecule has 1 fully saturated rings. The first-order valence-corrected chi connectivity index (χ1v) is 15.9. The number of nitrogens with one attached hydrogen (secondary N) is 1. The van der Waals surface area contributed by atoms with E-state index >= 15 is 0 Å². The topological polar surface area (TPSA) is 96.3 Å². The molecule has 2 heterocycles. The number of methoxy groups -OCH3 is 1. The van der Waals surface area contributed by atoms with Crippen molar-refractivity contribution in [2.24, 2.45) is 7.05 Å². The van der Waals surface area contributed by atoms with Gasteiger partial charge in [0.2, 0.25) is 0 Å². The van der Waals surface area contributed by atoms with E-state index in [-0.39, 0.29) is 11.8 Å². The lowest BCUT2D eigenvalue weighted by molar-refractivity contribution is 0.0990. The van der Waals surface area contributed by atoms with Crippen molar-refractivity contribution in [3.05, 3.63) is 89.2 Å². The van der Waals surface area contributed by atoms with Crippen molar-refractivity contribution in [1.29, 1.82) is 0 Å². The number of anilines is 2. The molecule has 3 aromatic carbocycles. The number of benzene rings is 3. The zero-order valence-corrected chi connectivity index (χ0v) is 27.8. The van der Waals surface area contributed by atoms with Crippen LogP contribution in [0.2, 0.25) is 0 Å². The Morgan fingerprint density at radius 1 is 0.957 bits per heavy atom. The lowest BCUT2D eigenvalue weighted by atomic mass is 10.1. The predicted octanol–water partition coefficient (Wildman–Crippen LogP) is 5.54. The minimum atomic E-state index is -0.268. The maximum Gasteiger partial charge on any atom is 0.258 e. The smallest absolute Gasteiger partial charge is 0.258 e. The second-order valence-electron chi connectivity index (χ2n) is 12.0. The van der Waals surface area contributed by atoms with E-state index in [1.165, 1.54) is 7.11 Å². The standard InChI is InChI=1S/C37H43N5O5/c1-26-12-15-33(35(23-26)47-22-7-6-9-28(25-43)42-20-18-39(2)19-21-42)41(4)37(45)27-13-14-31(34(24-27)46-5)38-36(44)30-10-8-11-32-29(30)16-17-40(32)3/h8,10-17,23-24H,6-7,9,18-22H2,1-5H3,(H,38,44). The van der Waals surface area contributed by atoms with Crippen molar-refractivity contribution in [1.82, 2.24) is 14.4 Å². The van der Waals surface area contributed by atoms with Gasteiger partial charge >= 0.3 is 0 Å². The lowest BCUT2D eigenvalue weighted by Gasteiger charge is -2.34. The summed E-state index contributed by atoms with van der Waals surface area (Å²) in [6, 6.07) is 18.2. The maximum absolute atomic E-state index is 13.7. The predicted molar refractivity (Wildman–Crippen MR) is 185 cm³/mol. The molecule has 2 amide bonds. The number of aromatic nitrogens is 1. The molecule has 10 nitrogen and oxygen atoms in total. The third-order valence-electron chi connectivity index (χ3n) is 8.72. The third-order valence-corrected chi connectivity index (χ3v) is 8.72. The van der Waals surface area contributed by atoms with Gasteiger partial charge in [0, 0.05) is 68.5 Å². The van der Waals surface area contributed by atoms with Crippen LogP contribution in [-0.4, -0.2) is 86.1 Å². The van der Waals surface area contributed by atoms with Gasteiger partial charge in [0.1, 0.15) is 17.4 Å². The minimum absolute atomic E-state index is 0.253. The SMILES string of the molecule is COc1cc(C(=O)N(C)c2ccc(C)cc2OCCCCC(=C=O)N2CCN(C)CC2)ccc1NC(=O)c1cccc2c1ccn2C. The third kappa shape index (κ3) is 7.68. The first-order valence-electron chi connectivity index (χ1n) is 15.9. The lowest BCUT2D eigenvalue weighted by Crippen LogP contribution is -2.44. The molecular formula is C37H43N5O5. The summed E-state index contributed by atoms with van der Waals surface area (Å²) in [5.74, 6) is 2.61. The Morgan fingerprint density at radius 2 is 1.74 bits per heavy atom. The quantitative estimate of drug-likeness (QED) is 0.161. The molecule has 47 heavy (non-hydrogen) atoms. The number of fused-ring (bicyclic) bond motifs is 1. The van der Waals surface area contributed by atoms with Crippen molar-refractivity contribution >= 4 is 40.0 Å². The highest BCUT2D eigenvalue weighted by atomic mass is 16.5. The van der Waals surface area contributed by atoms with Gasteiger partial charge in [-0.15, -0.1) is 0 Å². The summed E-state index contributed by atoms with van der Waals surface area (Å²) >= 11 is 0. The summed E-state index contributed by atoms with van der Waals surface area (Å²) in [7, 11) is 7.24. The molecule has 1 N–H and O–H groups in total. The van der Waals surface area contributed by atoms with Crippen LogP contribution >= 0.6 is 0 Å². The first kappa shape index (κ1) is 33.3. The highest BCUT2D eigenvalue weighted by Gasteiger charge is 2.21. The van der Waals surface area contributed by atoms with E-state index in [9.17, 15) is 14.4 Å². The van der Waals surface area contributed by atoms with Crippen LogP contribution < -0.4 is 19.7 Å². The fourth-order valence-corrected chi connectivity index (χ4v) is 5.86. The van der Waals surface area contributed by atoms with Gasteiger partial charge in [0.25, 0.3) is 11.8 Å². The number of hydrogen-bond donors (Lipinski definition) is 1. The van der Waals surface area contributed by atoms with Gasteiger partial charge in [-0.3, -0.25) is 9.59 Å². The summed E-state index contributed by atoms with van der Waals surface area (Å²) in [6.45, 7) is 6.00. The van der Waals surface area contributed by atoms with E-state index in [0.29, 0.717) is 47.0 Å². The molecule has 246 valence electrons. The van der Waals surface area contributed by atoms with Gasteiger partial charge in [0.15, 0.2) is 0 Å². The number of aryl methyl sites for hydroxylation is 2. The summed E-state index contributed by atoms with van der Waals surface area (Å²) in [6.07, 6.45) is 4.14. The summed E-state index contributed by atoms with van der Waals surface area (Å²) in [5, 5.41) is 3.79. The monoisotopic (exact) mass is 637 g/mol. The number of likely N-dealkylation sites (N-methyl/N-ethyl adjacent to an activating group) is 1. The number of piperazine rings is 1. The van der Waals surface area contributed by atoms with Gasteiger partial charge < -0.3 is 34.1 Å². The molecule has 0 atom stereocenters. The van der Waals surface area contributed by atoms with Crippen molar-refractivity contribution in [2.45, 2.75) is 26.2 Å². The number of rotatable bonds is 12. The van der Waals surface area contributed by atoms with Crippen molar-refractivity contribution < 1.29 is 23.9 Å². The first-order chi connectivity index (χ1) is 22.7. The average molecular weight is 638 g/mol. The molecule has 0 aliphatic carbocycles. The van der Waals surface area contributed by atoms with Gasteiger partial charge in [-0.2, -0.15) is 0 Å². The van der Waals surface area contributed by atoms with Gasteiger partial charge in [-0.25, -0.2) is 4.79 Å². The van der Waals surface area contributed by atoms with Crippen LogP contribution in [0.4, 0.5) is 11.4 Å². The van der Waals surface area contributed by atoms with E-state index in [0.717, 1.165) is 61.2 Å². The number of unbranched alkanes of at least 4 members (excludes halogenated alkanes) is 1. The number of carbonyl (C=O) groups is 2. The molecule has 0 saturated carbocycles. The molecule has 5 rings (SSSR count). The summed E-state index contributed by atoms with van der Waals surface area (Å²) < 4.78 is 13.7. The molecule has 0 bridgehead atoms. The zero-order chi connectivity index (χ0) is 33.5. The van der Waals surface area contributed by atoms with Gasteiger partial charge in [-0.1, -0.05) is 12.1 Å². The Labute approximate surface area is 276 Å². The molecule has 1 aliphatic heterocycles. The fraction of sp³-hybridized carbons (Fsp3) is 0.351. The minimum Gasteiger partial charge on any atom is -0.495 e. The second-order valence-corrected chi connectivity index (χ2v) is 12.0. The second kappa shape index (κ2) is 15.0. The molecule has 0 spiro atoms. The van der Waals surface area contributed by atoms with E-state index < -0.39 is 0 Å². The van der Waals surface area contributed by atoms with Crippen LogP contribution in [0.15, 0.2) is 72.6 Å². The van der Waals surface area contributed by atoms with Crippen molar-refractivity contribution in [2.75, 3.05) is 64.2 Å². The zero-order valence-electron chi connectivity index (χ0n) is 27.8. The maximum atomic E-state index is 13.7. The van der Waals surface area contributed by atoms with Crippen LogP contribution in [0.5, 0.6) is 11.5 Å². The average Bonchev–Trinajstić information content (AvgIpc) is 3.47. The molecule has 0 radical (unpaired) electrons. The van der Waals surface area contributed by atoms with Crippen LogP contribution in [0.1, 0.15) is 45.5 Å².